The van der Waals surface area contributed by atoms with Gasteiger partial charge in [-0.3, -0.25) is 4.90 Å². The highest BCUT2D eigenvalue weighted by molar-refractivity contribution is 5.07. The van der Waals surface area contributed by atoms with Crippen molar-refractivity contribution in [1.82, 2.24) is 4.90 Å². The lowest BCUT2D eigenvalue weighted by molar-refractivity contribution is 0.0424. The standard InChI is InChI=1S/C16H28N2/c17-15-7-6-14(12-15)13-18-11-5-4-10-16(18)8-2-1-3-9-16/h4-5,14-15H,1-3,6-13,17H2/t14-,15+/m0/s1. The SMILES string of the molecule is N[C@@H]1CC[C@H](CN2CC=CCC23CCCCC3)C1. The highest BCUT2D eigenvalue weighted by atomic mass is 15.2. The monoisotopic (exact) mass is 248 g/mol. The van der Waals surface area contributed by atoms with E-state index in [4.69, 9.17) is 5.73 Å². The highest BCUT2D eigenvalue weighted by Gasteiger charge is 2.39. The van der Waals surface area contributed by atoms with Crippen molar-refractivity contribution in [1.29, 1.82) is 0 Å². The smallest absolute Gasteiger partial charge is 0.0247 e. The molecule has 2 heteroatoms. The Morgan fingerprint density at radius 2 is 1.94 bits per heavy atom. The minimum Gasteiger partial charge on any atom is -0.328 e. The molecule has 0 amide bonds. The van der Waals surface area contributed by atoms with Crippen molar-refractivity contribution in [2.45, 2.75) is 69.4 Å². The van der Waals surface area contributed by atoms with E-state index in [1.807, 2.05) is 0 Å². The van der Waals surface area contributed by atoms with Crippen LogP contribution in [0.3, 0.4) is 0 Å². The molecule has 18 heavy (non-hydrogen) atoms. The van der Waals surface area contributed by atoms with Gasteiger partial charge in [0.15, 0.2) is 0 Å². The average molecular weight is 248 g/mol. The van der Waals surface area contributed by atoms with Crippen molar-refractivity contribution in [3.8, 4) is 0 Å². The van der Waals surface area contributed by atoms with Crippen LogP contribution in [0.25, 0.3) is 0 Å². The van der Waals surface area contributed by atoms with E-state index >= 15 is 0 Å². The zero-order chi connectivity index (χ0) is 12.4. The maximum absolute atomic E-state index is 6.07. The zero-order valence-corrected chi connectivity index (χ0v) is 11.6. The third-order valence-electron chi connectivity index (χ3n) is 5.51. The molecule has 2 atom stereocenters. The van der Waals surface area contributed by atoms with E-state index in [1.54, 1.807) is 0 Å². The van der Waals surface area contributed by atoms with Crippen LogP contribution in [-0.4, -0.2) is 29.6 Å². The first-order valence-electron chi connectivity index (χ1n) is 7.94. The van der Waals surface area contributed by atoms with Gasteiger partial charge in [-0.25, -0.2) is 0 Å². The molecular weight excluding hydrogens is 220 g/mol. The summed E-state index contributed by atoms with van der Waals surface area (Å²) >= 11 is 0. The Bertz CT molecular complexity index is 304. The number of rotatable bonds is 2. The molecule has 1 heterocycles. The summed E-state index contributed by atoms with van der Waals surface area (Å²) in [5.74, 6) is 0.866. The molecule has 0 aromatic carbocycles. The van der Waals surface area contributed by atoms with E-state index in [-0.39, 0.29) is 0 Å². The van der Waals surface area contributed by atoms with Crippen molar-refractivity contribution in [2.24, 2.45) is 11.7 Å². The van der Waals surface area contributed by atoms with Crippen molar-refractivity contribution in [2.75, 3.05) is 13.1 Å². The topological polar surface area (TPSA) is 29.3 Å². The predicted octanol–water partition coefficient (Wildman–Crippen LogP) is 3.08. The van der Waals surface area contributed by atoms with Gasteiger partial charge < -0.3 is 5.73 Å². The van der Waals surface area contributed by atoms with Gasteiger partial charge in [-0.05, 0) is 44.4 Å². The Hall–Kier alpha value is -0.340. The van der Waals surface area contributed by atoms with Gasteiger partial charge in [-0.15, -0.1) is 0 Å². The highest BCUT2D eigenvalue weighted by Crippen LogP contribution is 2.40. The summed E-state index contributed by atoms with van der Waals surface area (Å²) in [4.78, 5) is 2.81. The maximum atomic E-state index is 6.07. The van der Waals surface area contributed by atoms with Gasteiger partial charge in [0.1, 0.15) is 0 Å². The molecule has 1 spiro atoms. The molecule has 0 aromatic heterocycles. The lowest BCUT2D eigenvalue weighted by Gasteiger charge is -2.49. The van der Waals surface area contributed by atoms with Crippen molar-refractivity contribution >= 4 is 0 Å². The molecular formula is C16H28N2. The molecule has 1 aliphatic heterocycles. The summed E-state index contributed by atoms with van der Waals surface area (Å²) in [7, 11) is 0. The van der Waals surface area contributed by atoms with Crippen LogP contribution in [0.15, 0.2) is 12.2 Å². The summed E-state index contributed by atoms with van der Waals surface area (Å²) in [5.41, 5.74) is 6.60. The molecule has 0 unspecified atom stereocenters. The Morgan fingerprint density at radius 1 is 1.11 bits per heavy atom. The lowest BCUT2D eigenvalue weighted by atomic mass is 9.76. The summed E-state index contributed by atoms with van der Waals surface area (Å²) in [6, 6.07) is 0.484. The van der Waals surface area contributed by atoms with Crippen molar-refractivity contribution in [3.05, 3.63) is 12.2 Å². The molecule has 2 fully saturated rings. The van der Waals surface area contributed by atoms with Crippen LogP contribution in [0, 0.1) is 5.92 Å². The van der Waals surface area contributed by atoms with E-state index in [1.165, 1.54) is 70.9 Å². The number of nitrogens with two attached hydrogens (primary N) is 1. The molecule has 0 aromatic rings. The van der Waals surface area contributed by atoms with E-state index in [9.17, 15) is 0 Å². The molecule has 0 bridgehead atoms. The van der Waals surface area contributed by atoms with Crippen LogP contribution < -0.4 is 5.73 Å². The second-order valence-electron chi connectivity index (χ2n) is 6.80. The second kappa shape index (κ2) is 5.34. The van der Waals surface area contributed by atoms with Gasteiger partial charge in [-0.1, -0.05) is 31.4 Å². The quantitative estimate of drug-likeness (QED) is 0.761. The second-order valence-corrected chi connectivity index (χ2v) is 6.80. The van der Waals surface area contributed by atoms with E-state index in [0.29, 0.717) is 11.6 Å². The van der Waals surface area contributed by atoms with Crippen LogP contribution in [0.1, 0.15) is 57.8 Å². The molecule has 102 valence electrons. The van der Waals surface area contributed by atoms with Crippen molar-refractivity contribution in [3.63, 3.8) is 0 Å². The number of hydrogen-bond acceptors (Lipinski definition) is 2. The molecule has 0 radical (unpaired) electrons. The fourth-order valence-corrected chi connectivity index (χ4v) is 4.42. The molecule has 2 N–H and O–H groups in total. The largest absolute Gasteiger partial charge is 0.328 e. The number of nitrogens with zero attached hydrogens (tertiary/aromatic N) is 1. The van der Waals surface area contributed by atoms with Gasteiger partial charge >= 0.3 is 0 Å². The predicted molar refractivity (Wildman–Crippen MR) is 76.5 cm³/mol. The summed E-state index contributed by atoms with van der Waals surface area (Å²) in [6.07, 6.45) is 17.2. The van der Waals surface area contributed by atoms with Gasteiger partial charge in [0.25, 0.3) is 0 Å². The third-order valence-corrected chi connectivity index (χ3v) is 5.51. The molecule has 2 saturated carbocycles. The van der Waals surface area contributed by atoms with Crippen LogP contribution in [0.4, 0.5) is 0 Å². The fraction of sp³-hybridized carbons (Fsp3) is 0.875. The van der Waals surface area contributed by atoms with Crippen molar-refractivity contribution < 1.29 is 0 Å². The van der Waals surface area contributed by atoms with E-state index < -0.39 is 0 Å². The Balaban J connectivity index is 1.66. The Morgan fingerprint density at radius 3 is 2.67 bits per heavy atom. The van der Waals surface area contributed by atoms with E-state index in [2.05, 4.69) is 17.1 Å². The first-order valence-corrected chi connectivity index (χ1v) is 7.94. The maximum Gasteiger partial charge on any atom is 0.0247 e. The Labute approximate surface area is 112 Å². The van der Waals surface area contributed by atoms with Crippen LogP contribution in [0.5, 0.6) is 0 Å². The van der Waals surface area contributed by atoms with Gasteiger partial charge in [0, 0.05) is 24.7 Å². The fourth-order valence-electron chi connectivity index (χ4n) is 4.42. The summed E-state index contributed by atoms with van der Waals surface area (Å²) in [6.45, 7) is 2.49. The summed E-state index contributed by atoms with van der Waals surface area (Å²) in [5, 5.41) is 0. The lowest BCUT2D eigenvalue weighted by Crippen LogP contribution is -2.52. The van der Waals surface area contributed by atoms with Gasteiger partial charge in [-0.2, -0.15) is 0 Å². The Kier molecular flexibility index (Phi) is 3.76. The zero-order valence-electron chi connectivity index (χ0n) is 11.6. The molecule has 3 aliphatic rings. The molecule has 3 rings (SSSR count). The minimum atomic E-state index is 0.484. The van der Waals surface area contributed by atoms with Crippen LogP contribution >= 0.6 is 0 Å². The molecule has 0 saturated heterocycles. The van der Waals surface area contributed by atoms with Gasteiger partial charge in [0.05, 0.1) is 0 Å². The summed E-state index contributed by atoms with van der Waals surface area (Å²) < 4.78 is 0. The first-order chi connectivity index (χ1) is 8.78. The third kappa shape index (κ3) is 2.50. The first kappa shape index (κ1) is 12.7. The van der Waals surface area contributed by atoms with E-state index in [0.717, 1.165) is 5.92 Å². The normalized spacial score (nSPS) is 36.3. The number of hydrogen-bond donors (Lipinski definition) is 1. The average Bonchev–Trinajstić information content (AvgIpc) is 2.79. The molecule has 2 nitrogen and oxygen atoms in total. The van der Waals surface area contributed by atoms with Crippen LogP contribution in [-0.2, 0) is 0 Å². The van der Waals surface area contributed by atoms with Crippen LogP contribution in [0.2, 0.25) is 0 Å². The minimum absolute atomic E-state index is 0.484. The van der Waals surface area contributed by atoms with Gasteiger partial charge in [0.2, 0.25) is 0 Å². The molecule has 2 aliphatic carbocycles.